The molecule has 2 heterocycles. The Balaban J connectivity index is 2.12. The van der Waals surface area contributed by atoms with Gasteiger partial charge in [0, 0.05) is 36.4 Å². The highest BCUT2D eigenvalue weighted by Gasteiger charge is 2.22. The molecule has 0 amide bonds. The fraction of sp³-hybridized carbons (Fsp3) is 0.364. The summed E-state index contributed by atoms with van der Waals surface area (Å²) in [6.07, 6.45) is 5.10. The summed E-state index contributed by atoms with van der Waals surface area (Å²) < 4.78 is 29.7. The molecule has 1 atom stereocenters. The van der Waals surface area contributed by atoms with Crippen LogP contribution in [0.3, 0.4) is 0 Å². The number of nitrogens with two attached hydrogens (primary N) is 1. The van der Waals surface area contributed by atoms with Gasteiger partial charge in [-0.1, -0.05) is 0 Å². The number of imidazole rings is 1. The van der Waals surface area contributed by atoms with Crippen molar-refractivity contribution in [2.24, 2.45) is 5.73 Å². The van der Waals surface area contributed by atoms with Crippen molar-refractivity contribution < 1.29 is 8.42 Å². The Hall–Kier alpha value is -0.740. The molecule has 110 valence electrons. The Morgan fingerprint density at radius 2 is 2.35 bits per heavy atom. The summed E-state index contributed by atoms with van der Waals surface area (Å²) in [4.78, 5) is 4.98. The van der Waals surface area contributed by atoms with Gasteiger partial charge in [0.2, 0.25) is 10.0 Å². The van der Waals surface area contributed by atoms with Gasteiger partial charge in [0.05, 0.1) is 10.1 Å². The van der Waals surface area contributed by atoms with Crippen LogP contribution in [0.4, 0.5) is 0 Å². The minimum Gasteiger partial charge on any atom is -0.336 e. The van der Waals surface area contributed by atoms with E-state index in [9.17, 15) is 8.42 Å². The van der Waals surface area contributed by atoms with Crippen LogP contribution in [0.1, 0.15) is 11.8 Å². The van der Waals surface area contributed by atoms with E-state index in [2.05, 4.69) is 25.6 Å². The van der Waals surface area contributed by atoms with Crippen molar-refractivity contribution in [1.82, 2.24) is 14.3 Å². The van der Waals surface area contributed by atoms with Crippen molar-refractivity contribution >= 4 is 37.3 Å². The van der Waals surface area contributed by atoms with E-state index in [1.165, 1.54) is 11.3 Å². The molecule has 2 rings (SSSR count). The molecule has 0 bridgehead atoms. The number of nitrogens with one attached hydrogen (secondary N) is 1. The molecule has 0 saturated carbocycles. The fourth-order valence-corrected chi connectivity index (χ4v) is 5.55. The van der Waals surface area contributed by atoms with Crippen LogP contribution in [-0.2, 0) is 23.1 Å². The maximum absolute atomic E-state index is 12.3. The third-order valence-electron chi connectivity index (χ3n) is 2.60. The van der Waals surface area contributed by atoms with Gasteiger partial charge in [-0.15, -0.1) is 11.3 Å². The molecule has 2 aromatic heterocycles. The first-order chi connectivity index (χ1) is 9.42. The third kappa shape index (κ3) is 3.67. The molecule has 0 saturated heterocycles. The third-order valence-corrected chi connectivity index (χ3v) is 6.46. The second-order valence-electron chi connectivity index (χ2n) is 4.34. The first-order valence-electron chi connectivity index (χ1n) is 5.88. The van der Waals surface area contributed by atoms with E-state index in [4.69, 9.17) is 5.73 Å². The first-order valence-corrected chi connectivity index (χ1v) is 8.98. The van der Waals surface area contributed by atoms with Gasteiger partial charge in [-0.2, -0.15) is 0 Å². The quantitative estimate of drug-likeness (QED) is 0.797. The predicted molar refractivity (Wildman–Crippen MR) is 81.9 cm³/mol. The summed E-state index contributed by atoms with van der Waals surface area (Å²) in [7, 11) is -3.56. The molecule has 0 fully saturated rings. The molecule has 6 nitrogen and oxygen atoms in total. The Morgan fingerprint density at radius 1 is 1.60 bits per heavy atom. The molecule has 0 aliphatic carbocycles. The number of halogens is 1. The van der Waals surface area contributed by atoms with Gasteiger partial charge in [0.15, 0.2) is 0 Å². The zero-order valence-corrected chi connectivity index (χ0v) is 14.0. The number of nitrogens with zero attached hydrogens (tertiary/aromatic N) is 2. The first kappa shape index (κ1) is 15.6. The average molecular weight is 379 g/mol. The number of thiophene rings is 1. The molecule has 0 aliphatic rings. The molecular weight excluding hydrogens is 364 g/mol. The topological polar surface area (TPSA) is 90.0 Å². The highest BCUT2D eigenvalue weighted by molar-refractivity contribution is 9.11. The lowest BCUT2D eigenvalue weighted by atomic mass is 10.4. The van der Waals surface area contributed by atoms with Gasteiger partial charge in [0.1, 0.15) is 4.90 Å². The molecule has 9 heteroatoms. The summed E-state index contributed by atoms with van der Waals surface area (Å²) in [6, 6.07) is 1.35. The molecule has 0 aromatic carbocycles. The second kappa shape index (κ2) is 6.35. The summed E-state index contributed by atoms with van der Waals surface area (Å²) in [5, 5.41) is 0. The Kier molecular flexibility index (Phi) is 4.97. The van der Waals surface area contributed by atoms with Gasteiger partial charge in [0.25, 0.3) is 0 Å². The van der Waals surface area contributed by atoms with Crippen LogP contribution < -0.4 is 10.5 Å². The van der Waals surface area contributed by atoms with E-state index >= 15 is 0 Å². The number of aromatic nitrogens is 2. The van der Waals surface area contributed by atoms with E-state index in [0.717, 1.165) is 4.88 Å². The van der Waals surface area contributed by atoms with Crippen LogP contribution in [0.15, 0.2) is 33.5 Å². The Morgan fingerprint density at radius 3 is 2.90 bits per heavy atom. The summed E-state index contributed by atoms with van der Waals surface area (Å²) in [5.74, 6) is 0. The summed E-state index contributed by atoms with van der Waals surface area (Å²) in [5.41, 5.74) is 5.53. The standard InChI is InChI=1S/C11H15BrN4O2S2/c1-8(6-16-3-2-14-7-16)15-20(17,18)10-4-9(5-13)19-11(10)12/h2-4,7-8,15H,5-6,13H2,1H3. The van der Waals surface area contributed by atoms with Crippen LogP contribution in [0.2, 0.25) is 0 Å². The van der Waals surface area contributed by atoms with E-state index in [0.29, 0.717) is 16.9 Å². The maximum Gasteiger partial charge on any atom is 0.242 e. The van der Waals surface area contributed by atoms with E-state index in [1.54, 1.807) is 24.8 Å². The lowest BCUT2D eigenvalue weighted by Crippen LogP contribution is -2.35. The van der Waals surface area contributed by atoms with Gasteiger partial charge in [-0.25, -0.2) is 18.1 Å². The zero-order valence-electron chi connectivity index (χ0n) is 10.8. The largest absolute Gasteiger partial charge is 0.336 e. The monoisotopic (exact) mass is 378 g/mol. The fourth-order valence-electron chi connectivity index (χ4n) is 1.76. The number of hydrogen-bond donors (Lipinski definition) is 2. The normalized spacial score (nSPS) is 13.6. The van der Waals surface area contributed by atoms with Crippen molar-refractivity contribution in [3.8, 4) is 0 Å². The number of hydrogen-bond acceptors (Lipinski definition) is 5. The van der Waals surface area contributed by atoms with E-state index < -0.39 is 10.0 Å². The predicted octanol–water partition coefficient (Wildman–Crippen LogP) is 1.53. The van der Waals surface area contributed by atoms with Gasteiger partial charge < -0.3 is 10.3 Å². The Labute approximate surface area is 130 Å². The molecule has 0 spiro atoms. The van der Waals surface area contributed by atoms with Crippen molar-refractivity contribution in [2.45, 2.75) is 31.0 Å². The van der Waals surface area contributed by atoms with E-state index in [-0.39, 0.29) is 10.9 Å². The van der Waals surface area contributed by atoms with Gasteiger partial charge in [-0.05, 0) is 28.9 Å². The lowest BCUT2D eigenvalue weighted by Gasteiger charge is -2.14. The smallest absolute Gasteiger partial charge is 0.242 e. The summed E-state index contributed by atoms with van der Waals surface area (Å²) >= 11 is 4.60. The SMILES string of the molecule is CC(Cn1ccnc1)NS(=O)(=O)c1cc(CN)sc1Br. The van der Waals surface area contributed by atoms with Crippen molar-refractivity contribution in [3.63, 3.8) is 0 Å². The van der Waals surface area contributed by atoms with Crippen LogP contribution >= 0.6 is 27.3 Å². The highest BCUT2D eigenvalue weighted by atomic mass is 79.9. The lowest BCUT2D eigenvalue weighted by molar-refractivity contribution is 0.520. The molecule has 20 heavy (non-hydrogen) atoms. The van der Waals surface area contributed by atoms with Crippen LogP contribution in [0, 0.1) is 0 Å². The second-order valence-corrected chi connectivity index (χ2v) is 8.47. The Bertz CT molecular complexity index is 667. The minimum absolute atomic E-state index is 0.237. The molecular formula is C11H15BrN4O2S2. The van der Waals surface area contributed by atoms with Gasteiger partial charge in [-0.3, -0.25) is 0 Å². The maximum atomic E-state index is 12.3. The van der Waals surface area contributed by atoms with Crippen molar-refractivity contribution in [3.05, 3.63) is 33.5 Å². The highest BCUT2D eigenvalue weighted by Crippen LogP contribution is 2.31. The minimum atomic E-state index is -3.56. The zero-order chi connectivity index (χ0) is 14.8. The van der Waals surface area contributed by atoms with Crippen molar-refractivity contribution in [1.29, 1.82) is 0 Å². The number of rotatable bonds is 6. The summed E-state index contributed by atoms with van der Waals surface area (Å²) in [6.45, 7) is 2.65. The van der Waals surface area contributed by atoms with Crippen LogP contribution in [0.5, 0.6) is 0 Å². The molecule has 3 N–H and O–H groups in total. The van der Waals surface area contributed by atoms with Gasteiger partial charge >= 0.3 is 0 Å². The molecule has 2 aromatic rings. The van der Waals surface area contributed by atoms with Crippen molar-refractivity contribution in [2.75, 3.05) is 0 Å². The van der Waals surface area contributed by atoms with Crippen LogP contribution in [-0.4, -0.2) is 24.0 Å². The average Bonchev–Trinajstić information content (AvgIpc) is 2.97. The molecule has 0 radical (unpaired) electrons. The number of sulfonamides is 1. The van der Waals surface area contributed by atoms with Crippen LogP contribution in [0.25, 0.3) is 0 Å². The molecule has 1 unspecified atom stereocenters. The van der Waals surface area contributed by atoms with E-state index in [1.807, 2.05) is 11.5 Å². The molecule has 0 aliphatic heterocycles.